The van der Waals surface area contributed by atoms with E-state index >= 15 is 0 Å². The van der Waals surface area contributed by atoms with Crippen molar-refractivity contribution in [3.05, 3.63) is 54.2 Å². The van der Waals surface area contributed by atoms with Crippen LogP contribution in [0.25, 0.3) is 16.8 Å². The molecule has 29 heavy (non-hydrogen) atoms. The van der Waals surface area contributed by atoms with Crippen LogP contribution in [0.4, 0.5) is 14.9 Å². The van der Waals surface area contributed by atoms with E-state index in [1.54, 1.807) is 41.1 Å². The van der Waals surface area contributed by atoms with Gasteiger partial charge >= 0.3 is 6.09 Å². The fraction of sp³-hybridized carbons (Fsp3) is 0.200. The zero-order valence-electron chi connectivity index (χ0n) is 15.5. The van der Waals surface area contributed by atoms with Gasteiger partial charge in [0.15, 0.2) is 6.29 Å². The molecule has 0 spiro atoms. The minimum atomic E-state index is -0.589. The third kappa shape index (κ3) is 3.66. The third-order valence-electron chi connectivity index (χ3n) is 4.62. The fourth-order valence-corrected chi connectivity index (χ4v) is 3.23. The number of fused-ring (bicyclic) bond motifs is 1. The summed E-state index contributed by atoms with van der Waals surface area (Å²) >= 11 is 0. The summed E-state index contributed by atoms with van der Waals surface area (Å²) in [6.45, 7) is 1.79. The van der Waals surface area contributed by atoms with E-state index in [1.165, 1.54) is 17.9 Å². The van der Waals surface area contributed by atoms with E-state index in [2.05, 4.69) is 10.3 Å². The van der Waals surface area contributed by atoms with Crippen molar-refractivity contribution in [2.24, 2.45) is 0 Å². The van der Waals surface area contributed by atoms with E-state index in [0.29, 0.717) is 34.4 Å². The number of nitrogens with zero attached hydrogens (tertiary/aromatic N) is 3. The van der Waals surface area contributed by atoms with Crippen molar-refractivity contribution >= 4 is 29.6 Å². The van der Waals surface area contributed by atoms with Crippen molar-refractivity contribution in [3.8, 4) is 11.1 Å². The second kappa shape index (κ2) is 7.34. The monoisotopic (exact) mass is 396 g/mol. The lowest BCUT2D eigenvalue weighted by Gasteiger charge is -2.14. The van der Waals surface area contributed by atoms with E-state index in [1.807, 2.05) is 0 Å². The Morgan fingerprint density at radius 2 is 2.17 bits per heavy atom. The molecule has 1 saturated heterocycles. The molecule has 0 aliphatic carbocycles. The number of nitrogens with one attached hydrogen (secondary N) is 1. The number of aromatic nitrogens is 2. The van der Waals surface area contributed by atoms with Crippen LogP contribution in [0, 0.1) is 5.82 Å². The van der Waals surface area contributed by atoms with Crippen LogP contribution in [0.1, 0.15) is 17.4 Å². The number of hydrogen-bond acceptors (Lipinski definition) is 5. The Bertz CT molecular complexity index is 1130. The summed E-state index contributed by atoms with van der Waals surface area (Å²) in [6, 6.07) is 7.89. The molecule has 3 heterocycles. The van der Waals surface area contributed by atoms with Crippen molar-refractivity contribution in [2.75, 3.05) is 18.0 Å². The predicted molar refractivity (Wildman–Crippen MR) is 102 cm³/mol. The number of halogens is 1. The molecule has 0 unspecified atom stereocenters. The van der Waals surface area contributed by atoms with Crippen LogP contribution in [0.3, 0.4) is 0 Å². The molecule has 4 rings (SSSR count). The molecule has 0 bridgehead atoms. The Balaban J connectivity index is 1.57. The zero-order chi connectivity index (χ0) is 20.5. The minimum absolute atomic E-state index is 0.200. The van der Waals surface area contributed by atoms with E-state index in [9.17, 15) is 18.8 Å². The van der Waals surface area contributed by atoms with E-state index in [4.69, 9.17) is 4.74 Å². The van der Waals surface area contributed by atoms with Gasteiger partial charge in [0.25, 0.3) is 0 Å². The lowest BCUT2D eigenvalue weighted by Crippen LogP contribution is -2.33. The SMILES string of the molecule is CC(=O)NC[C@@H]1CN(c2ccc(-c3ccc4nc(C=O)cn4c3)c(F)c2)C(=O)O1. The second-order valence-corrected chi connectivity index (χ2v) is 6.68. The van der Waals surface area contributed by atoms with Crippen molar-refractivity contribution in [1.29, 1.82) is 0 Å². The van der Waals surface area contributed by atoms with Gasteiger partial charge < -0.3 is 14.5 Å². The first-order valence-corrected chi connectivity index (χ1v) is 8.91. The number of amides is 2. The molecule has 2 amide bonds. The average Bonchev–Trinajstić information content (AvgIpc) is 3.28. The molecule has 1 aliphatic heterocycles. The summed E-state index contributed by atoms with van der Waals surface area (Å²) in [7, 11) is 0. The first kappa shape index (κ1) is 18.6. The first-order chi connectivity index (χ1) is 13.9. The lowest BCUT2D eigenvalue weighted by atomic mass is 10.1. The van der Waals surface area contributed by atoms with Crippen molar-refractivity contribution in [1.82, 2.24) is 14.7 Å². The third-order valence-corrected chi connectivity index (χ3v) is 4.62. The van der Waals surface area contributed by atoms with Gasteiger partial charge in [-0.3, -0.25) is 14.5 Å². The van der Waals surface area contributed by atoms with Crippen molar-refractivity contribution < 1.29 is 23.5 Å². The molecule has 1 fully saturated rings. The van der Waals surface area contributed by atoms with Crippen molar-refractivity contribution in [3.63, 3.8) is 0 Å². The van der Waals surface area contributed by atoms with Crippen LogP contribution in [-0.4, -0.2) is 46.9 Å². The molecule has 2 aromatic heterocycles. The number of hydrogen-bond donors (Lipinski definition) is 1. The van der Waals surface area contributed by atoms with Gasteiger partial charge in [-0.05, 0) is 30.3 Å². The number of anilines is 1. The highest BCUT2D eigenvalue weighted by atomic mass is 19.1. The minimum Gasteiger partial charge on any atom is -0.442 e. The summed E-state index contributed by atoms with van der Waals surface area (Å²) < 4.78 is 21.7. The normalized spacial score (nSPS) is 16.1. The molecule has 1 aromatic carbocycles. The number of ether oxygens (including phenoxy) is 1. The number of benzene rings is 1. The van der Waals surface area contributed by atoms with Crippen LogP contribution in [0.15, 0.2) is 42.7 Å². The highest BCUT2D eigenvalue weighted by Crippen LogP contribution is 2.29. The molecule has 1 atom stereocenters. The molecule has 0 saturated carbocycles. The number of pyridine rings is 1. The van der Waals surface area contributed by atoms with E-state index in [0.717, 1.165) is 0 Å². The molecule has 0 radical (unpaired) electrons. The number of cyclic esters (lactones) is 1. The Labute approximate surface area is 164 Å². The van der Waals surface area contributed by atoms with Gasteiger partial charge in [0.2, 0.25) is 5.91 Å². The predicted octanol–water partition coefficient (Wildman–Crippen LogP) is 2.41. The maximum atomic E-state index is 14.8. The molecule has 148 valence electrons. The molecule has 1 N–H and O–H groups in total. The smallest absolute Gasteiger partial charge is 0.414 e. The Hall–Kier alpha value is -3.75. The standard InChI is InChI=1S/C20H17FN4O4/c1-12(27)22-7-16-10-25(20(28)29-16)15-3-4-17(18(21)6-15)13-2-5-19-23-14(11-26)9-24(19)8-13/h2-6,8-9,11,16H,7,10H2,1H3,(H,22,27)/t16-/m1/s1. The Morgan fingerprint density at radius 1 is 1.34 bits per heavy atom. The van der Waals surface area contributed by atoms with Gasteiger partial charge in [0.1, 0.15) is 23.3 Å². The number of carbonyl (C=O) groups is 3. The molecular weight excluding hydrogens is 379 g/mol. The quantitative estimate of drug-likeness (QED) is 0.669. The fourth-order valence-electron chi connectivity index (χ4n) is 3.23. The van der Waals surface area contributed by atoms with Gasteiger partial charge in [-0.1, -0.05) is 0 Å². The van der Waals surface area contributed by atoms with Gasteiger partial charge in [0.05, 0.1) is 18.8 Å². The maximum Gasteiger partial charge on any atom is 0.414 e. The summed E-state index contributed by atoms with van der Waals surface area (Å²) in [5, 5.41) is 2.60. The summed E-state index contributed by atoms with van der Waals surface area (Å²) in [4.78, 5) is 39.4. The van der Waals surface area contributed by atoms with Gasteiger partial charge in [0, 0.05) is 30.4 Å². The molecule has 3 aromatic rings. The van der Waals surface area contributed by atoms with Crippen LogP contribution < -0.4 is 10.2 Å². The van der Waals surface area contributed by atoms with Crippen molar-refractivity contribution in [2.45, 2.75) is 13.0 Å². The topological polar surface area (TPSA) is 93.0 Å². The Kier molecular flexibility index (Phi) is 4.71. The molecule has 8 nitrogen and oxygen atoms in total. The van der Waals surface area contributed by atoms with Gasteiger partial charge in [-0.2, -0.15) is 0 Å². The summed E-state index contributed by atoms with van der Waals surface area (Å²) in [6.07, 6.45) is 2.81. The number of carbonyl (C=O) groups excluding carboxylic acids is 3. The lowest BCUT2D eigenvalue weighted by molar-refractivity contribution is -0.119. The Morgan fingerprint density at radius 3 is 2.90 bits per heavy atom. The first-order valence-electron chi connectivity index (χ1n) is 8.91. The average molecular weight is 396 g/mol. The maximum absolute atomic E-state index is 14.8. The van der Waals surface area contributed by atoms with Crippen LogP contribution in [0.5, 0.6) is 0 Å². The van der Waals surface area contributed by atoms with E-state index in [-0.39, 0.29) is 19.0 Å². The zero-order valence-corrected chi connectivity index (χ0v) is 15.5. The summed E-state index contributed by atoms with van der Waals surface area (Å²) in [5.41, 5.74) is 2.19. The van der Waals surface area contributed by atoms with Crippen LogP contribution in [0.2, 0.25) is 0 Å². The highest BCUT2D eigenvalue weighted by Gasteiger charge is 2.32. The van der Waals surface area contributed by atoms with Gasteiger partial charge in [-0.15, -0.1) is 0 Å². The largest absolute Gasteiger partial charge is 0.442 e. The number of imidazole rings is 1. The summed E-state index contributed by atoms with van der Waals surface area (Å²) in [5.74, 6) is -0.722. The second-order valence-electron chi connectivity index (χ2n) is 6.68. The molecular formula is C20H17FN4O4. The molecule has 9 heteroatoms. The van der Waals surface area contributed by atoms with Crippen LogP contribution in [-0.2, 0) is 9.53 Å². The number of rotatable bonds is 5. The highest BCUT2D eigenvalue weighted by molar-refractivity contribution is 5.90. The van der Waals surface area contributed by atoms with E-state index < -0.39 is 18.0 Å². The van der Waals surface area contributed by atoms with Gasteiger partial charge in [-0.25, -0.2) is 14.2 Å². The number of aldehydes is 1. The van der Waals surface area contributed by atoms with Crippen LogP contribution >= 0.6 is 0 Å². The molecule has 1 aliphatic rings.